The van der Waals surface area contributed by atoms with Crippen LogP contribution in [0.4, 0.5) is 0 Å². The van der Waals surface area contributed by atoms with Crippen molar-refractivity contribution in [2.75, 3.05) is 0 Å². The third kappa shape index (κ3) is 8.43. The van der Waals surface area contributed by atoms with Gasteiger partial charge in [0.15, 0.2) is 6.29 Å². The maximum Gasteiger partial charge on any atom is 0.332 e. The Kier molecular flexibility index (Phi) is 11.2. The van der Waals surface area contributed by atoms with Gasteiger partial charge in [0.25, 0.3) is 0 Å². The molecule has 0 saturated heterocycles. The highest BCUT2D eigenvalue weighted by atomic mass is 16.7. The first-order valence-corrected chi connectivity index (χ1v) is 11.5. The molecule has 0 bridgehead atoms. The number of hydrogen-bond acceptors (Lipinski definition) is 3. The van der Waals surface area contributed by atoms with Crippen molar-refractivity contribution >= 4 is 23.2 Å². The van der Waals surface area contributed by atoms with Crippen LogP contribution in [0.15, 0.2) is 30.5 Å². The van der Waals surface area contributed by atoms with Crippen LogP contribution in [0.3, 0.4) is 0 Å². The molecule has 0 radical (unpaired) electrons. The Morgan fingerprint density at radius 2 is 1.41 bits per heavy atom. The molecular weight excluding hydrogens is 362 g/mol. The Balaban J connectivity index is 1.51. The van der Waals surface area contributed by atoms with Crippen LogP contribution < -0.4 is 4.84 Å². The molecule has 0 aliphatic heterocycles. The smallest absolute Gasteiger partial charge is 0.332 e. The summed E-state index contributed by atoms with van der Waals surface area (Å²) in [7, 11) is 0. The second-order valence-electron chi connectivity index (χ2n) is 8.00. The number of fused-ring (bicyclic) bond motifs is 1. The zero-order valence-electron chi connectivity index (χ0n) is 18.0. The molecule has 0 amide bonds. The fraction of sp³-hybridized carbons (Fsp3) is 0.600. The quantitative estimate of drug-likeness (QED) is 0.228. The molecule has 0 atom stereocenters. The van der Waals surface area contributed by atoms with E-state index < -0.39 is 0 Å². The van der Waals surface area contributed by atoms with Crippen molar-refractivity contribution in [2.45, 2.75) is 96.8 Å². The highest BCUT2D eigenvalue weighted by Crippen LogP contribution is 2.19. The van der Waals surface area contributed by atoms with Gasteiger partial charge in [0.1, 0.15) is 0 Å². The number of unbranched alkanes of at least 4 members (excludes halogenated alkanes) is 12. The van der Waals surface area contributed by atoms with E-state index >= 15 is 0 Å². The minimum atomic E-state index is -0.244. The molecule has 160 valence electrons. The van der Waals surface area contributed by atoms with Gasteiger partial charge in [-0.2, -0.15) is 4.73 Å². The lowest BCUT2D eigenvalue weighted by Crippen LogP contribution is -2.18. The molecule has 2 aromatic rings. The lowest BCUT2D eigenvalue weighted by Gasteiger charge is -2.06. The average molecular weight is 400 g/mol. The molecule has 0 N–H and O–H groups in total. The molecule has 0 saturated carbocycles. The van der Waals surface area contributed by atoms with E-state index in [4.69, 9.17) is 4.84 Å². The van der Waals surface area contributed by atoms with Crippen molar-refractivity contribution in [3.8, 4) is 0 Å². The van der Waals surface area contributed by atoms with Gasteiger partial charge in [-0.15, -0.1) is 0 Å². The van der Waals surface area contributed by atoms with Crippen LogP contribution >= 0.6 is 0 Å². The van der Waals surface area contributed by atoms with Crippen LogP contribution in [-0.4, -0.2) is 17.0 Å². The van der Waals surface area contributed by atoms with Gasteiger partial charge in [0, 0.05) is 17.4 Å². The number of carbonyl (C=O) groups is 2. The third-order valence-corrected chi connectivity index (χ3v) is 5.52. The summed E-state index contributed by atoms with van der Waals surface area (Å²) in [5.41, 5.74) is 1.28. The topological polar surface area (TPSA) is 48.3 Å². The number of benzene rings is 1. The van der Waals surface area contributed by atoms with Crippen LogP contribution in [-0.2, 0) is 4.79 Å². The van der Waals surface area contributed by atoms with Gasteiger partial charge < -0.3 is 4.84 Å². The zero-order valence-corrected chi connectivity index (χ0v) is 18.0. The second kappa shape index (κ2) is 14.0. The van der Waals surface area contributed by atoms with E-state index in [-0.39, 0.29) is 5.97 Å². The van der Waals surface area contributed by atoms with Gasteiger partial charge in [0.2, 0.25) is 0 Å². The number of rotatable bonds is 16. The molecule has 2 rings (SSSR count). The largest absolute Gasteiger partial charge is 0.337 e. The molecule has 0 aliphatic carbocycles. The fourth-order valence-corrected chi connectivity index (χ4v) is 3.79. The first kappa shape index (κ1) is 23.2. The Bertz CT molecular complexity index is 735. The first-order chi connectivity index (χ1) is 14.3. The lowest BCUT2D eigenvalue weighted by atomic mass is 10.0. The molecule has 1 aromatic carbocycles. The highest BCUT2D eigenvalue weighted by Gasteiger charge is 2.11. The van der Waals surface area contributed by atoms with E-state index in [1.165, 1.54) is 75.4 Å². The first-order valence-electron chi connectivity index (χ1n) is 11.5. The molecule has 4 nitrogen and oxygen atoms in total. The molecule has 0 fully saturated rings. The number of carbonyl (C=O) groups excluding carboxylic acids is 2. The third-order valence-electron chi connectivity index (χ3n) is 5.52. The van der Waals surface area contributed by atoms with Gasteiger partial charge in [-0.3, -0.25) is 4.79 Å². The van der Waals surface area contributed by atoms with Crippen molar-refractivity contribution in [2.24, 2.45) is 0 Å². The van der Waals surface area contributed by atoms with Crippen molar-refractivity contribution in [1.82, 2.24) is 4.73 Å². The van der Waals surface area contributed by atoms with Crippen LogP contribution in [0.25, 0.3) is 10.9 Å². The summed E-state index contributed by atoms with van der Waals surface area (Å²) in [5, 5.41) is 0.802. The standard InChI is InChI=1S/C25H37NO3/c1-2-3-4-5-6-7-8-9-10-11-12-13-14-19-25(28)29-26-20-22(21-27)23-17-15-16-18-24(23)26/h15-18,20-21H,2-14,19H2,1H3. The molecule has 0 spiro atoms. The summed E-state index contributed by atoms with van der Waals surface area (Å²) in [6, 6.07) is 7.44. The Labute approximate surface area is 175 Å². The van der Waals surface area contributed by atoms with Gasteiger partial charge >= 0.3 is 5.97 Å². The number of aldehydes is 1. The van der Waals surface area contributed by atoms with E-state index in [1.807, 2.05) is 24.3 Å². The van der Waals surface area contributed by atoms with Crippen LogP contribution in [0, 0.1) is 0 Å². The maximum absolute atomic E-state index is 12.1. The maximum atomic E-state index is 12.1. The summed E-state index contributed by atoms with van der Waals surface area (Å²) in [4.78, 5) is 28.7. The highest BCUT2D eigenvalue weighted by molar-refractivity contribution is 5.97. The Morgan fingerprint density at radius 1 is 0.862 bits per heavy atom. The number of nitrogens with zero attached hydrogens (tertiary/aromatic N) is 1. The van der Waals surface area contributed by atoms with E-state index in [1.54, 1.807) is 6.20 Å². The molecule has 29 heavy (non-hydrogen) atoms. The number of aromatic nitrogens is 1. The van der Waals surface area contributed by atoms with Crippen molar-refractivity contribution in [1.29, 1.82) is 0 Å². The van der Waals surface area contributed by atoms with Gasteiger partial charge in [-0.25, -0.2) is 4.79 Å². The van der Waals surface area contributed by atoms with Crippen molar-refractivity contribution < 1.29 is 14.4 Å². The van der Waals surface area contributed by atoms with E-state index in [2.05, 4.69) is 6.92 Å². The summed E-state index contributed by atoms with van der Waals surface area (Å²) >= 11 is 0. The van der Waals surface area contributed by atoms with E-state index in [0.717, 1.165) is 30.0 Å². The summed E-state index contributed by atoms with van der Waals surface area (Å²) in [6.07, 6.45) is 19.5. The second-order valence-corrected chi connectivity index (χ2v) is 8.00. The van der Waals surface area contributed by atoms with Crippen molar-refractivity contribution in [3.05, 3.63) is 36.0 Å². The predicted octanol–water partition coefficient (Wildman–Crippen LogP) is 6.89. The van der Waals surface area contributed by atoms with Crippen LogP contribution in [0.2, 0.25) is 0 Å². The Hall–Kier alpha value is -2.10. The normalized spacial score (nSPS) is 11.1. The molecule has 1 aromatic heterocycles. The molecule has 0 aliphatic rings. The van der Waals surface area contributed by atoms with E-state index in [9.17, 15) is 9.59 Å². The Morgan fingerprint density at radius 3 is 2.00 bits per heavy atom. The molecule has 4 heteroatoms. The van der Waals surface area contributed by atoms with E-state index in [0.29, 0.717) is 12.0 Å². The summed E-state index contributed by atoms with van der Waals surface area (Å²) in [5.74, 6) is -0.244. The fourth-order valence-electron chi connectivity index (χ4n) is 3.79. The predicted molar refractivity (Wildman–Crippen MR) is 119 cm³/mol. The van der Waals surface area contributed by atoms with Crippen molar-refractivity contribution in [3.63, 3.8) is 0 Å². The molecule has 0 unspecified atom stereocenters. The van der Waals surface area contributed by atoms with Gasteiger partial charge in [-0.05, 0) is 12.5 Å². The lowest BCUT2D eigenvalue weighted by molar-refractivity contribution is -0.143. The summed E-state index contributed by atoms with van der Waals surface area (Å²) < 4.78 is 1.42. The molecular formula is C25H37NO3. The number of hydrogen-bond donors (Lipinski definition) is 0. The summed E-state index contributed by atoms with van der Waals surface area (Å²) in [6.45, 7) is 2.26. The molecule has 1 heterocycles. The zero-order chi connectivity index (χ0) is 20.7. The average Bonchev–Trinajstić information content (AvgIpc) is 3.09. The van der Waals surface area contributed by atoms with Crippen LogP contribution in [0.5, 0.6) is 0 Å². The SMILES string of the molecule is CCCCCCCCCCCCCCCC(=O)On1cc(C=O)c2ccccc21. The van der Waals surface area contributed by atoms with Gasteiger partial charge in [-0.1, -0.05) is 102 Å². The monoisotopic (exact) mass is 399 g/mol. The number of para-hydroxylation sites is 1. The van der Waals surface area contributed by atoms with Gasteiger partial charge in [0.05, 0.1) is 11.7 Å². The minimum absolute atomic E-state index is 0.244. The minimum Gasteiger partial charge on any atom is -0.337 e. The van der Waals surface area contributed by atoms with Crippen LogP contribution in [0.1, 0.15) is 107 Å².